The van der Waals surface area contributed by atoms with Crippen LogP contribution >= 0.6 is 0 Å². The molecule has 3 rings (SSSR count). The van der Waals surface area contributed by atoms with Crippen molar-refractivity contribution in [2.75, 3.05) is 11.9 Å². The van der Waals surface area contributed by atoms with Crippen molar-refractivity contribution in [2.24, 2.45) is 7.05 Å². The number of H-pyrrole nitrogens is 1. The highest BCUT2D eigenvalue weighted by molar-refractivity contribution is 5.91. The first-order valence-corrected chi connectivity index (χ1v) is 9.39. The van der Waals surface area contributed by atoms with Crippen LogP contribution in [-0.4, -0.2) is 56.0 Å². The summed E-state index contributed by atoms with van der Waals surface area (Å²) in [5.74, 6) is 0.126. The van der Waals surface area contributed by atoms with Crippen LogP contribution in [0.2, 0.25) is 0 Å². The molecule has 2 heterocycles. The summed E-state index contributed by atoms with van der Waals surface area (Å²) >= 11 is 0. The number of ether oxygens (including phenoxy) is 1. The summed E-state index contributed by atoms with van der Waals surface area (Å²) in [6.45, 7) is -0.517. The predicted molar refractivity (Wildman–Crippen MR) is 97.5 cm³/mol. The fraction of sp³-hybridized carbons (Fsp3) is 0.588. The van der Waals surface area contributed by atoms with E-state index >= 15 is 0 Å². The third kappa shape index (κ3) is 6.46. The number of halogens is 3. The molecule has 0 radical (unpaired) electrons. The van der Waals surface area contributed by atoms with E-state index in [-0.39, 0.29) is 24.3 Å². The van der Waals surface area contributed by atoms with Gasteiger partial charge in [0.2, 0.25) is 5.91 Å². The molecule has 3 N–H and O–H groups in total. The first-order valence-electron chi connectivity index (χ1n) is 9.39. The average Bonchev–Trinajstić information content (AvgIpc) is 3.35. The van der Waals surface area contributed by atoms with Crippen molar-refractivity contribution in [3.05, 3.63) is 23.7 Å². The van der Waals surface area contributed by atoms with Gasteiger partial charge in [0.25, 0.3) is 0 Å². The lowest BCUT2D eigenvalue weighted by Crippen LogP contribution is -2.31. The molecule has 2 aromatic rings. The number of aryl methyl sites for hydroxylation is 1. The average molecular weight is 429 g/mol. The summed E-state index contributed by atoms with van der Waals surface area (Å²) in [6, 6.07) is 1.71. The van der Waals surface area contributed by atoms with E-state index in [4.69, 9.17) is 4.74 Å². The quantitative estimate of drug-likeness (QED) is 0.618. The van der Waals surface area contributed by atoms with Gasteiger partial charge in [-0.3, -0.25) is 9.89 Å². The molecule has 1 aliphatic carbocycles. The molecule has 2 amide bonds. The Balaban J connectivity index is 1.42. The molecule has 0 bridgehead atoms. The summed E-state index contributed by atoms with van der Waals surface area (Å²) in [5.41, 5.74) is 1.32. The van der Waals surface area contributed by atoms with Crippen molar-refractivity contribution in [2.45, 2.75) is 50.3 Å². The molecule has 2 atom stereocenters. The maximum atomic E-state index is 12.1. The normalized spacial score (nSPS) is 18.9. The molecule has 0 unspecified atom stereocenters. The van der Waals surface area contributed by atoms with Crippen LogP contribution in [0.3, 0.4) is 0 Å². The Labute approximate surface area is 169 Å². The topological polar surface area (TPSA) is 127 Å². The molecule has 0 spiro atoms. The number of hydrogen-bond donors (Lipinski definition) is 3. The fourth-order valence-electron chi connectivity index (χ4n) is 3.26. The van der Waals surface area contributed by atoms with Crippen molar-refractivity contribution < 1.29 is 27.5 Å². The Kier molecular flexibility index (Phi) is 6.57. The second-order valence-corrected chi connectivity index (χ2v) is 7.09. The predicted octanol–water partition coefficient (Wildman–Crippen LogP) is 2.03. The van der Waals surface area contributed by atoms with Gasteiger partial charge in [-0.1, -0.05) is 0 Å². The molecule has 1 aliphatic rings. The maximum Gasteiger partial charge on any atom is 0.407 e. The number of amides is 2. The Bertz CT molecular complexity index is 880. The molecular weight excluding hydrogens is 407 g/mol. The van der Waals surface area contributed by atoms with Crippen LogP contribution in [0, 0.1) is 0 Å². The fourth-order valence-corrected chi connectivity index (χ4v) is 3.26. The smallest absolute Gasteiger partial charge is 0.407 e. The van der Waals surface area contributed by atoms with Crippen molar-refractivity contribution >= 4 is 17.8 Å². The van der Waals surface area contributed by atoms with Gasteiger partial charge in [0.05, 0.1) is 24.7 Å². The van der Waals surface area contributed by atoms with Gasteiger partial charge in [-0.05, 0) is 19.3 Å². The zero-order valence-corrected chi connectivity index (χ0v) is 16.2. The third-order valence-electron chi connectivity index (χ3n) is 4.63. The lowest BCUT2D eigenvalue weighted by molar-refractivity contribution is -0.133. The van der Waals surface area contributed by atoms with Gasteiger partial charge in [-0.25, -0.2) is 4.79 Å². The minimum atomic E-state index is -4.33. The van der Waals surface area contributed by atoms with Crippen LogP contribution in [0.5, 0.6) is 0 Å². The SMILES string of the molecule is Cn1ncc(CC(=O)Nc2cc([C@H]3CC[C@@H](OC(=O)NCCC(F)(F)F)C3)[nH]n2)n1. The highest BCUT2D eigenvalue weighted by atomic mass is 19.4. The lowest BCUT2D eigenvalue weighted by Gasteiger charge is -2.13. The van der Waals surface area contributed by atoms with Gasteiger partial charge < -0.3 is 15.4 Å². The lowest BCUT2D eigenvalue weighted by atomic mass is 10.0. The number of carbonyl (C=O) groups is 2. The van der Waals surface area contributed by atoms with Crippen molar-refractivity contribution in [3.8, 4) is 0 Å². The molecule has 30 heavy (non-hydrogen) atoms. The van der Waals surface area contributed by atoms with Crippen molar-refractivity contribution in [1.29, 1.82) is 0 Å². The monoisotopic (exact) mass is 429 g/mol. The molecule has 1 saturated carbocycles. The molecule has 0 aliphatic heterocycles. The van der Waals surface area contributed by atoms with E-state index in [0.717, 1.165) is 12.1 Å². The number of hydrogen-bond acceptors (Lipinski definition) is 6. The largest absolute Gasteiger partial charge is 0.446 e. The summed E-state index contributed by atoms with van der Waals surface area (Å²) in [5, 5.41) is 19.7. The highest BCUT2D eigenvalue weighted by Gasteiger charge is 2.31. The van der Waals surface area contributed by atoms with Gasteiger partial charge in [-0.2, -0.15) is 33.3 Å². The van der Waals surface area contributed by atoms with E-state index in [1.165, 1.54) is 11.0 Å². The van der Waals surface area contributed by atoms with Gasteiger partial charge >= 0.3 is 12.3 Å². The number of nitrogens with one attached hydrogen (secondary N) is 3. The van der Waals surface area contributed by atoms with E-state index in [1.54, 1.807) is 13.1 Å². The summed E-state index contributed by atoms with van der Waals surface area (Å²) < 4.78 is 41.5. The highest BCUT2D eigenvalue weighted by Crippen LogP contribution is 2.35. The molecular formula is C17H22F3N7O3. The van der Waals surface area contributed by atoms with E-state index in [2.05, 4.69) is 31.0 Å². The molecule has 0 saturated heterocycles. The standard InChI is InChI=1S/C17H22F3N7O3/c1-27-22-9-11(26-27)7-15(28)23-14-8-13(24-25-14)10-2-3-12(6-10)30-16(29)21-5-4-17(18,19)20/h8-10,12H,2-7H2,1H3,(H,21,29)(H2,23,24,25,28)/t10-,12+/m0/s1. The van der Waals surface area contributed by atoms with Crippen LogP contribution in [0.1, 0.15) is 43.0 Å². The minimum Gasteiger partial charge on any atom is -0.446 e. The summed E-state index contributed by atoms with van der Waals surface area (Å²) in [7, 11) is 1.66. The van der Waals surface area contributed by atoms with E-state index in [0.29, 0.717) is 24.4 Å². The minimum absolute atomic E-state index is 0.0381. The first-order chi connectivity index (χ1) is 14.2. The first kappa shape index (κ1) is 21.6. The van der Waals surface area contributed by atoms with Crippen LogP contribution in [-0.2, 0) is 23.0 Å². The van der Waals surface area contributed by atoms with Crippen LogP contribution in [0.4, 0.5) is 23.8 Å². The number of anilines is 1. The number of aromatic nitrogens is 5. The second kappa shape index (κ2) is 9.13. The molecule has 2 aromatic heterocycles. The molecule has 1 fully saturated rings. The van der Waals surface area contributed by atoms with Crippen molar-refractivity contribution in [3.63, 3.8) is 0 Å². The number of carbonyl (C=O) groups excluding carboxylic acids is 2. The Morgan fingerprint density at radius 2 is 2.17 bits per heavy atom. The number of alkyl carbamates (subject to hydrolysis) is 1. The number of nitrogens with zero attached hydrogens (tertiary/aromatic N) is 4. The van der Waals surface area contributed by atoms with Crippen molar-refractivity contribution in [1.82, 2.24) is 30.5 Å². The van der Waals surface area contributed by atoms with Crippen LogP contribution in [0.25, 0.3) is 0 Å². The van der Waals surface area contributed by atoms with Gasteiger partial charge in [-0.15, -0.1) is 0 Å². The van der Waals surface area contributed by atoms with E-state index in [9.17, 15) is 22.8 Å². The summed E-state index contributed by atoms with van der Waals surface area (Å²) in [4.78, 5) is 25.1. The molecule has 13 heteroatoms. The second-order valence-electron chi connectivity index (χ2n) is 7.09. The van der Waals surface area contributed by atoms with Crippen LogP contribution in [0.15, 0.2) is 12.3 Å². The Morgan fingerprint density at radius 1 is 1.37 bits per heavy atom. The van der Waals surface area contributed by atoms with Gasteiger partial charge in [0.15, 0.2) is 5.82 Å². The third-order valence-corrected chi connectivity index (χ3v) is 4.63. The van der Waals surface area contributed by atoms with E-state index < -0.39 is 25.2 Å². The zero-order chi connectivity index (χ0) is 21.7. The summed E-state index contributed by atoms with van der Waals surface area (Å²) in [6.07, 6.45) is -3.28. The zero-order valence-electron chi connectivity index (χ0n) is 16.2. The molecule has 164 valence electrons. The molecule has 10 nitrogen and oxygen atoms in total. The molecule has 0 aromatic carbocycles. The van der Waals surface area contributed by atoms with Gasteiger partial charge in [0.1, 0.15) is 6.10 Å². The van der Waals surface area contributed by atoms with E-state index in [1.807, 2.05) is 0 Å². The maximum absolute atomic E-state index is 12.1. The Hall–Kier alpha value is -3.12. The number of aromatic amines is 1. The number of alkyl halides is 3. The van der Waals surface area contributed by atoms with Crippen LogP contribution < -0.4 is 10.6 Å². The Morgan fingerprint density at radius 3 is 2.87 bits per heavy atom. The van der Waals surface area contributed by atoms with Gasteiger partial charge in [0, 0.05) is 31.3 Å². The number of rotatable bonds is 7.